The van der Waals surface area contributed by atoms with Gasteiger partial charge in [0.05, 0.1) is 41.7 Å². The number of methoxy groups -OCH3 is 1. The first kappa shape index (κ1) is 15.3. The molecule has 4 nitrogen and oxygen atoms in total. The van der Waals surface area contributed by atoms with Crippen molar-refractivity contribution in [2.24, 2.45) is 4.99 Å². The van der Waals surface area contributed by atoms with Crippen LogP contribution >= 0.6 is 11.6 Å². The summed E-state index contributed by atoms with van der Waals surface area (Å²) in [5, 5.41) is 2.62. The molecule has 1 aliphatic rings. The molecule has 0 unspecified atom stereocenters. The summed E-state index contributed by atoms with van der Waals surface area (Å²) in [7, 11) is 1.67. The number of hydrogen-bond acceptors (Lipinski definition) is 3. The molecule has 2 aromatic carbocycles. The van der Waals surface area contributed by atoms with Gasteiger partial charge in [-0.2, -0.15) is 0 Å². The summed E-state index contributed by atoms with van der Waals surface area (Å²) in [5.41, 5.74) is 3.78. The Kier molecular flexibility index (Phi) is 3.40. The van der Waals surface area contributed by atoms with Crippen LogP contribution in [0, 0.1) is 0 Å². The average molecular weight is 363 g/mol. The van der Waals surface area contributed by atoms with Crippen LogP contribution in [0.4, 0.5) is 0 Å². The summed E-state index contributed by atoms with van der Waals surface area (Å²) in [6.07, 6.45) is 3.75. The lowest BCUT2D eigenvalue weighted by Crippen LogP contribution is -2.08. The fraction of sp³-hybridized carbons (Fsp3) is 0.0952. The lowest BCUT2D eigenvalue weighted by atomic mass is 10.1. The highest BCUT2D eigenvalue weighted by atomic mass is 35.5. The molecule has 2 aromatic heterocycles. The van der Waals surface area contributed by atoms with Crippen LogP contribution in [0.5, 0.6) is 5.75 Å². The van der Waals surface area contributed by atoms with Crippen LogP contribution in [0.15, 0.2) is 70.4 Å². The van der Waals surface area contributed by atoms with Gasteiger partial charge in [0.25, 0.3) is 0 Å². The highest BCUT2D eigenvalue weighted by Crippen LogP contribution is 2.35. The molecule has 0 radical (unpaired) electrons. The molecule has 0 bridgehead atoms. The number of ether oxygens (including phenoxy) is 1. The van der Waals surface area contributed by atoms with Crippen LogP contribution in [-0.2, 0) is 6.54 Å². The largest absolute Gasteiger partial charge is 0.496 e. The van der Waals surface area contributed by atoms with Crippen LogP contribution in [-0.4, -0.2) is 17.4 Å². The highest BCUT2D eigenvalue weighted by molar-refractivity contribution is 6.32. The molecule has 0 saturated heterocycles. The topological polar surface area (TPSA) is 39.7 Å². The van der Waals surface area contributed by atoms with Gasteiger partial charge < -0.3 is 13.7 Å². The van der Waals surface area contributed by atoms with E-state index in [1.54, 1.807) is 13.4 Å². The van der Waals surface area contributed by atoms with Crippen LogP contribution < -0.4 is 4.74 Å². The molecule has 0 spiro atoms. The molecule has 0 amide bonds. The van der Waals surface area contributed by atoms with E-state index in [2.05, 4.69) is 10.6 Å². The quantitative estimate of drug-likeness (QED) is 0.489. The first-order valence-electron chi connectivity index (χ1n) is 8.32. The molecule has 5 heteroatoms. The van der Waals surface area contributed by atoms with E-state index in [1.165, 1.54) is 0 Å². The maximum absolute atomic E-state index is 6.50. The van der Waals surface area contributed by atoms with E-state index < -0.39 is 0 Å². The number of aliphatic imine (C=N–C) groups is 1. The minimum atomic E-state index is 0.532. The van der Waals surface area contributed by atoms with Gasteiger partial charge in [0.1, 0.15) is 11.5 Å². The van der Waals surface area contributed by atoms with Crippen molar-refractivity contribution in [2.75, 3.05) is 7.11 Å². The van der Waals surface area contributed by atoms with Gasteiger partial charge in [0.15, 0.2) is 5.76 Å². The Morgan fingerprint density at radius 1 is 1.12 bits per heavy atom. The van der Waals surface area contributed by atoms with Crippen molar-refractivity contribution in [1.29, 1.82) is 0 Å². The van der Waals surface area contributed by atoms with Gasteiger partial charge in [-0.3, -0.25) is 4.99 Å². The monoisotopic (exact) mass is 362 g/mol. The molecule has 0 atom stereocenters. The Morgan fingerprint density at radius 3 is 2.88 bits per heavy atom. The van der Waals surface area contributed by atoms with Gasteiger partial charge in [0.2, 0.25) is 0 Å². The molecule has 0 saturated carbocycles. The first-order valence-corrected chi connectivity index (χ1v) is 8.70. The molecule has 0 N–H and O–H groups in total. The maximum atomic E-state index is 6.50. The number of halogens is 1. The van der Waals surface area contributed by atoms with Gasteiger partial charge in [-0.05, 0) is 29.8 Å². The minimum Gasteiger partial charge on any atom is -0.496 e. The summed E-state index contributed by atoms with van der Waals surface area (Å²) >= 11 is 6.50. The highest BCUT2D eigenvalue weighted by Gasteiger charge is 2.24. The zero-order valence-electron chi connectivity index (χ0n) is 14.1. The van der Waals surface area contributed by atoms with Crippen LogP contribution in [0.1, 0.15) is 17.0 Å². The van der Waals surface area contributed by atoms with E-state index in [1.807, 2.05) is 48.7 Å². The maximum Gasteiger partial charge on any atom is 0.165 e. The predicted octanol–water partition coefficient (Wildman–Crippen LogP) is 5.24. The van der Waals surface area contributed by atoms with E-state index in [0.29, 0.717) is 17.3 Å². The fourth-order valence-electron chi connectivity index (χ4n) is 3.57. The Labute approximate surface area is 155 Å². The standard InChI is InChI=1S/C21H15ClN2O2/c1-25-17-9-3-6-14-12-26-21(18(14)17)19-16-8-4-10-24(16)20-13(11-23-19)5-2-7-15(20)22/h2-10,12H,11H2,1H3. The van der Waals surface area contributed by atoms with Crippen LogP contribution in [0.25, 0.3) is 16.5 Å². The Morgan fingerprint density at radius 2 is 2.00 bits per heavy atom. The summed E-state index contributed by atoms with van der Waals surface area (Å²) in [5.74, 6) is 1.48. The van der Waals surface area contributed by atoms with Gasteiger partial charge in [0, 0.05) is 11.6 Å². The second-order valence-electron chi connectivity index (χ2n) is 6.17. The third kappa shape index (κ3) is 2.12. The van der Waals surface area contributed by atoms with Crippen molar-refractivity contribution in [1.82, 2.24) is 4.57 Å². The van der Waals surface area contributed by atoms with Crippen LogP contribution in [0.2, 0.25) is 5.02 Å². The van der Waals surface area contributed by atoms with E-state index in [4.69, 9.17) is 25.7 Å². The molecule has 5 rings (SSSR count). The number of aromatic nitrogens is 1. The van der Waals surface area contributed by atoms with E-state index >= 15 is 0 Å². The molecular formula is C21H15ClN2O2. The van der Waals surface area contributed by atoms with Gasteiger partial charge in [-0.25, -0.2) is 0 Å². The van der Waals surface area contributed by atoms with Crippen molar-refractivity contribution in [3.8, 4) is 11.4 Å². The van der Waals surface area contributed by atoms with Gasteiger partial charge in [-0.1, -0.05) is 35.9 Å². The Hall–Kier alpha value is -2.98. The summed E-state index contributed by atoms with van der Waals surface area (Å²) < 4.78 is 13.6. The predicted molar refractivity (Wildman–Crippen MR) is 103 cm³/mol. The number of fused-ring (bicyclic) bond motifs is 4. The normalized spacial score (nSPS) is 13.1. The van der Waals surface area contributed by atoms with Crippen molar-refractivity contribution >= 4 is 28.1 Å². The molecule has 26 heavy (non-hydrogen) atoms. The third-order valence-corrected chi connectivity index (χ3v) is 5.04. The number of nitrogens with zero attached hydrogens (tertiary/aromatic N) is 2. The first-order chi connectivity index (χ1) is 12.8. The van der Waals surface area contributed by atoms with Gasteiger partial charge >= 0.3 is 0 Å². The number of para-hydroxylation sites is 1. The average Bonchev–Trinajstić information content (AvgIpc) is 3.27. The van der Waals surface area contributed by atoms with Crippen molar-refractivity contribution in [2.45, 2.75) is 6.54 Å². The number of rotatable bonds is 2. The Balaban J connectivity index is 1.79. The number of furan rings is 1. The van der Waals surface area contributed by atoms with Crippen molar-refractivity contribution < 1.29 is 9.15 Å². The second kappa shape index (κ2) is 5.78. The van der Waals surface area contributed by atoms with E-state index in [9.17, 15) is 0 Å². The molecular weight excluding hydrogens is 348 g/mol. The second-order valence-corrected chi connectivity index (χ2v) is 6.57. The zero-order valence-corrected chi connectivity index (χ0v) is 14.8. The summed E-state index contributed by atoms with van der Waals surface area (Å²) in [6.45, 7) is 0.532. The lowest BCUT2D eigenvalue weighted by Gasteiger charge is -2.12. The van der Waals surface area contributed by atoms with E-state index in [-0.39, 0.29) is 0 Å². The lowest BCUT2D eigenvalue weighted by molar-refractivity contribution is 0.419. The fourth-order valence-corrected chi connectivity index (χ4v) is 3.86. The van der Waals surface area contributed by atoms with Crippen molar-refractivity contribution in [3.63, 3.8) is 0 Å². The van der Waals surface area contributed by atoms with Crippen LogP contribution in [0.3, 0.4) is 0 Å². The molecule has 128 valence electrons. The third-order valence-electron chi connectivity index (χ3n) is 4.73. The molecule has 0 aliphatic carbocycles. The number of hydrogen-bond donors (Lipinski definition) is 0. The molecule has 4 aromatic rings. The van der Waals surface area contributed by atoms with E-state index in [0.717, 1.165) is 39.2 Å². The zero-order chi connectivity index (χ0) is 17.7. The molecule has 0 fully saturated rings. The molecule has 3 heterocycles. The van der Waals surface area contributed by atoms with Crippen molar-refractivity contribution in [3.05, 3.63) is 83.0 Å². The smallest absolute Gasteiger partial charge is 0.165 e. The molecule has 1 aliphatic heterocycles. The Bertz CT molecular complexity index is 1170. The minimum absolute atomic E-state index is 0.532. The SMILES string of the molecule is COc1cccc2coc(C3=NCc4cccc(Cl)c4-n4cccc43)c12. The summed E-state index contributed by atoms with van der Waals surface area (Å²) in [6, 6.07) is 15.8. The van der Waals surface area contributed by atoms with Gasteiger partial charge in [-0.15, -0.1) is 0 Å². The number of benzene rings is 2. The summed E-state index contributed by atoms with van der Waals surface area (Å²) in [4.78, 5) is 4.88.